The third-order valence-corrected chi connectivity index (χ3v) is 9.54. The van der Waals surface area contributed by atoms with Gasteiger partial charge in [-0.3, -0.25) is 0 Å². The molecule has 0 amide bonds. The molecule has 2 N–H and O–H groups in total. The second-order valence-electron chi connectivity index (χ2n) is 8.28. The zero-order chi connectivity index (χ0) is 20.4. The Hall–Kier alpha value is 0.804. The van der Waals surface area contributed by atoms with E-state index in [1.807, 2.05) is 12.1 Å². The molecule has 5 unspecified atom stereocenters. The van der Waals surface area contributed by atoms with Crippen molar-refractivity contribution in [1.29, 1.82) is 0 Å². The SMILES string of the molecule is OCC1(C(O)c2ccc(C3C(Cl)CC(Cl)C3CCSc3nc[c-]s3)cc2)CCC1.[Y]. The average molecular weight is 560 g/mol. The maximum absolute atomic E-state index is 10.8. The Morgan fingerprint density at radius 3 is 2.53 bits per heavy atom. The normalized spacial score (nSPS) is 28.5. The number of benzene rings is 1. The number of aliphatic hydroxyl groups is 2. The van der Waals surface area contributed by atoms with Gasteiger partial charge in [-0.05, 0) is 52.8 Å². The minimum absolute atomic E-state index is 0. The molecule has 1 radical (unpaired) electrons. The summed E-state index contributed by atoms with van der Waals surface area (Å²) in [6.07, 6.45) is 5.73. The number of halogens is 2. The van der Waals surface area contributed by atoms with Crippen LogP contribution in [-0.2, 0) is 32.7 Å². The molecule has 1 aromatic heterocycles. The zero-order valence-corrected chi connectivity index (χ0v) is 22.7. The van der Waals surface area contributed by atoms with Gasteiger partial charge in [0.1, 0.15) is 0 Å². The second kappa shape index (κ2) is 11.3. The molecular formula is C22H26Cl2NO2S2Y-. The topological polar surface area (TPSA) is 53.4 Å². The number of alkyl halides is 2. The summed E-state index contributed by atoms with van der Waals surface area (Å²) in [5.41, 5.74) is 1.70. The van der Waals surface area contributed by atoms with Crippen LogP contribution in [-0.4, -0.2) is 38.3 Å². The van der Waals surface area contributed by atoms with E-state index in [1.54, 1.807) is 29.3 Å². The molecule has 0 spiro atoms. The number of thiazole rings is 1. The Balaban J connectivity index is 0.00000256. The quantitative estimate of drug-likeness (QED) is 0.250. The van der Waals surface area contributed by atoms with E-state index < -0.39 is 6.10 Å². The minimum atomic E-state index is -0.617. The van der Waals surface area contributed by atoms with Gasteiger partial charge < -0.3 is 26.5 Å². The van der Waals surface area contributed by atoms with Crippen LogP contribution >= 0.6 is 46.3 Å². The van der Waals surface area contributed by atoms with Gasteiger partial charge in [0.2, 0.25) is 0 Å². The smallest absolute Gasteiger partial charge is 0.0868 e. The van der Waals surface area contributed by atoms with Gasteiger partial charge in [0.05, 0.1) is 12.7 Å². The van der Waals surface area contributed by atoms with Crippen LogP contribution in [0.15, 0.2) is 34.8 Å². The van der Waals surface area contributed by atoms with Crippen molar-refractivity contribution in [2.45, 2.75) is 59.2 Å². The number of thioether (sulfide) groups is 1. The molecule has 3 nitrogen and oxygen atoms in total. The van der Waals surface area contributed by atoms with Gasteiger partial charge in [-0.1, -0.05) is 36.9 Å². The van der Waals surface area contributed by atoms with E-state index in [-0.39, 0.29) is 61.4 Å². The Morgan fingerprint density at radius 1 is 1.23 bits per heavy atom. The summed E-state index contributed by atoms with van der Waals surface area (Å²) in [5, 5.41) is 23.6. The van der Waals surface area contributed by atoms with Crippen LogP contribution in [0.4, 0.5) is 0 Å². The third kappa shape index (κ3) is 5.30. The maximum atomic E-state index is 10.8. The first-order chi connectivity index (χ1) is 14.0. The van der Waals surface area contributed by atoms with Crippen molar-refractivity contribution in [2.75, 3.05) is 12.4 Å². The van der Waals surface area contributed by atoms with E-state index in [0.29, 0.717) is 5.92 Å². The molecule has 2 saturated carbocycles. The molecule has 1 aromatic carbocycles. The van der Waals surface area contributed by atoms with Crippen molar-refractivity contribution in [3.05, 3.63) is 47.0 Å². The molecule has 161 valence electrons. The van der Waals surface area contributed by atoms with Crippen LogP contribution in [0.2, 0.25) is 0 Å². The van der Waals surface area contributed by atoms with Crippen LogP contribution in [0.3, 0.4) is 0 Å². The summed E-state index contributed by atoms with van der Waals surface area (Å²) in [4.78, 5) is 4.28. The second-order valence-corrected chi connectivity index (χ2v) is 11.6. The standard InChI is InChI=1S/C22H26Cl2NO2S2.Y/c23-17-12-18(24)19(16(17)6-10-28-21-25-9-11-29-21)14-2-4-15(5-3-14)20(27)22(13-26)7-1-8-22;/h2-5,9,16-20,26-27H,1,6-8,10,12-13H2;/q-1;. The molecule has 2 fully saturated rings. The summed E-state index contributed by atoms with van der Waals surface area (Å²) in [6, 6.07) is 8.18. The molecule has 0 aliphatic heterocycles. The fourth-order valence-electron chi connectivity index (χ4n) is 4.78. The number of hydrogen-bond acceptors (Lipinski definition) is 5. The van der Waals surface area contributed by atoms with Gasteiger partial charge >= 0.3 is 0 Å². The number of aliphatic hydroxyl groups excluding tert-OH is 2. The fraction of sp³-hybridized carbons (Fsp3) is 0.591. The monoisotopic (exact) mass is 559 g/mol. The first kappa shape index (κ1) is 25.4. The molecule has 2 aromatic rings. The summed E-state index contributed by atoms with van der Waals surface area (Å²) < 4.78 is 1.04. The zero-order valence-electron chi connectivity index (χ0n) is 16.7. The van der Waals surface area contributed by atoms with Crippen molar-refractivity contribution in [1.82, 2.24) is 4.98 Å². The van der Waals surface area contributed by atoms with E-state index in [1.165, 1.54) is 5.56 Å². The maximum Gasteiger partial charge on any atom is 0.0868 e. The van der Waals surface area contributed by atoms with E-state index in [0.717, 1.165) is 47.8 Å². The Bertz CT molecular complexity index is 783. The van der Waals surface area contributed by atoms with Crippen molar-refractivity contribution in [3.8, 4) is 0 Å². The van der Waals surface area contributed by atoms with Crippen molar-refractivity contribution in [2.24, 2.45) is 11.3 Å². The predicted octanol–water partition coefficient (Wildman–Crippen LogP) is 5.64. The predicted molar refractivity (Wildman–Crippen MR) is 121 cm³/mol. The van der Waals surface area contributed by atoms with Crippen molar-refractivity contribution >= 4 is 46.3 Å². The van der Waals surface area contributed by atoms with E-state index in [4.69, 9.17) is 23.2 Å². The molecule has 2 aliphatic rings. The van der Waals surface area contributed by atoms with Gasteiger partial charge in [-0.15, -0.1) is 23.2 Å². The van der Waals surface area contributed by atoms with Crippen molar-refractivity contribution in [3.63, 3.8) is 0 Å². The molecule has 5 atom stereocenters. The van der Waals surface area contributed by atoms with Gasteiger partial charge in [0.25, 0.3) is 0 Å². The largest absolute Gasteiger partial charge is 0.396 e. The van der Waals surface area contributed by atoms with Gasteiger partial charge in [0, 0.05) is 54.8 Å². The van der Waals surface area contributed by atoms with Crippen LogP contribution in [0.1, 0.15) is 55.3 Å². The molecule has 2 aliphatic carbocycles. The van der Waals surface area contributed by atoms with Gasteiger partial charge in [-0.2, -0.15) is 17.1 Å². The van der Waals surface area contributed by atoms with Crippen LogP contribution in [0, 0.1) is 16.7 Å². The Kier molecular flexibility index (Phi) is 9.57. The van der Waals surface area contributed by atoms with Gasteiger partial charge in [0.15, 0.2) is 0 Å². The van der Waals surface area contributed by atoms with E-state index in [2.05, 4.69) is 22.5 Å². The molecule has 0 saturated heterocycles. The molecule has 0 bridgehead atoms. The van der Waals surface area contributed by atoms with Crippen LogP contribution in [0.5, 0.6) is 0 Å². The molecule has 4 rings (SSSR count). The Morgan fingerprint density at radius 2 is 1.97 bits per heavy atom. The molecule has 30 heavy (non-hydrogen) atoms. The first-order valence-electron chi connectivity index (χ1n) is 10.2. The number of hydrogen-bond donors (Lipinski definition) is 2. The number of rotatable bonds is 8. The third-order valence-electron chi connectivity index (χ3n) is 6.69. The van der Waals surface area contributed by atoms with Gasteiger partial charge in [-0.25, -0.2) is 0 Å². The van der Waals surface area contributed by atoms with Crippen LogP contribution in [0.25, 0.3) is 0 Å². The van der Waals surface area contributed by atoms with E-state index >= 15 is 0 Å². The molecule has 1 heterocycles. The summed E-state index contributed by atoms with van der Waals surface area (Å²) in [7, 11) is 0. The molecule has 8 heteroatoms. The first-order valence-corrected chi connectivity index (χ1v) is 12.8. The fourth-order valence-corrected chi connectivity index (χ4v) is 7.50. The summed E-state index contributed by atoms with van der Waals surface area (Å²) >= 11 is 16.7. The minimum Gasteiger partial charge on any atom is -0.396 e. The number of nitrogens with zero attached hydrogens (tertiary/aromatic N) is 1. The van der Waals surface area contributed by atoms with Crippen LogP contribution < -0.4 is 0 Å². The van der Waals surface area contributed by atoms with E-state index in [9.17, 15) is 10.2 Å². The summed E-state index contributed by atoms with van der Waals surface area (Å²) in [5.74, 6) is 1.50. The molecular weight excluding hydrogens is 534 g/mol. The van der Waals surface area contributed by atoms with Crippen molar-refractivity contribution < 1.29 is 42.9 Å². The Labute approximate surface area is 222 Å². The summed E-state index contributed by atoms with van der Waals surface area (Å²) in [6.45, 7) is 0.0345. The number of aromatic nitrogens is 1. The average Bonchev–Trinajstić information content (AvgIpc) is 3.29.